The fourth-order valence-corrected chi connectivity index (χ4v) is 3.22. The zero-order valence-electron chi connectivity index (χ0n) is 12.4. The normalized spacial score (nSPS) is 28.9. The number of nitrogens with zero attached hydrogens (tertiary/aromatic N) is 1. The van der Waals surface area contributed by atoms with Gasteiger partial charge in [-0.15, -0.1) is 0 Å². The molecule has 1 aromatic carbocycles. The topological polar surface area (TPSA) is 33.7 Å². The van der Waals surface area contributed by atoms with E-state index in [-0.39, 0.29) is 6.10 Å². The zero-order chi connectivity index (χ0) is 14.0. The van der Waals surface area contributed by atoms with Crippen molar-refractivity contribution in [3.8, 4) is 11.5 Å². The zero-order valence-corrected chi connectivity index (χ0v) is 12.4. The van der Waals surface area contributed by atoms with Crippen molar-refractivity contribution < 1.29 is 9.47 Å². The van der Waals surface area contributed by atoms with Crippen LogP contribution < -0.4 is 14.8 Å². The van der Waals surface area contributed by atoms with Crippen molar-refractivity contribution in [2.45, 2.75) is 19.4 Å². The molecule has 1 fully saturated rings. The number of hydrogen-bond acceptors (Lipinski definition) is 4. The Kier molecular flexibility index (Phi) is 3.85. The summed E-state index contributed by atoms with van der Waals surface area (Å²) >= 11 is 0. The smallest absolute Gasteiger partial charge is 0.161 e. The highest BCUT2D eigenvalue weighted by Crippen LogP contribution is 2.31. The Labute approximate surface area is 121 Å². The highest BCUT2D eigenvalue weighted by molar-refractivity contribution is 5.40. The first-order chi connectivity index (χ1) is 9.65. The van der Waals surface area contributed by atoms with E-state index in [1.54, 1.807) is 0 Å². The van der Waals surface area contributed by atoms with Gasteiger partial charge in [0.1, 0.15) is 12.7 Å². The minimum atomic E-state index is 0.118. The lowest BCUT2D eigenvalue weighted by molar-refractivity contribution is 0.0561. The number of fused-ring (bicyclic) bond motifs is 1. The first kappa shape index (κ1) is 13.7. The molecule has 20 heavy (non-hydrogen) atoms. The van der Waals surface area contributed by atoms with Crippen LogP contribution in [0.15, 0.2) is 24.3 Å². The molecule has 0 amide bonds. The fourth-order valence-electron chi connectivity index (χ4n) is 3.22. The number of rotatable bonds is 4. The molecule has 2 aliphatic rings. The lowest BCUT2D eigenvalue weighted by Gasteiger charge is -2.33. The molecule has 0 aromatic heterocycles. The van der Waals surface area contributed by atoms with Crippen LogP contribution in [0.1, 0.15) is 13.3 Å². The molecule has 2 unspecified atom stereocenters. The van der Waals surface area contributed by atoms with E-state index in [4.69, 9.17) is 9.47 Å². The summed E-state index contributed by atoms with van der Waals surface area (Å²) in [7, 11) is 2.17. The third kappa shape index (κ3) is 3.07. The maximum atomic E-state index is 6.02. The average molecular weight is 276 g/mol. The molecule has 0 aliphatic carbocycles. The molecule has 1 saturated heterocycles. The van der Waals surface area contributed by atoms with Crippen LogP contribution in [0.4, 0.5) is 0 Å². The van der Waals surface area contributed by atoms with Crippen LogP contribution in [0.3, 0.4) is 0 Å². The molecule has 0 spiro atoms. The SMILES string of the molecule is CN(CC1COc2ccccc2O1)CC1(C)CCNC1. The molecule has 1 aromatic rings. The van der Waals surface area contributed by atoms with Gasteiger partial charge in [0.2, 0.25) is 0 Å². The van der Waals surface area contributed by atoms with Gasteiger partial charge >= 0.3 is 0 Å². The van der Waals surface area contributed by atoms with Crippen LogP contribution in [-0.4, -0.2) is 50.8 Å². The summed E-state index contributed by atoms with van der Waals surface area (Å²) in [5, 5.41) is 3.45. The first-order valence-electron chi connectivity index (χ1n) is 7.42. The molecule has 3 rings (SSSR count). The molecule has 110 valence electrons. The van der Waals surface area contributed by atoms with Crippen molar-refractivity contribution in [3.63, 3.8) is 0 Å². The van der Waals surface area contributed by atoms with E-state index in [1.807, 2.05) is 24.3 Å². The lowest BCUT2D eigenvalue weighted by Crippen LogP contribution is -2.43. The van der Waals surface area contributed by atoms with E-state index in [0.717, 1.165) is 37.7 Å². The number of benzene rings is 1. The predicted molar refractivity (Wildman–Crippen MR) is 79.4 cm³/mol. The Morgan fingerprint density at radius 3 is 2.90 bits per heavy atom. The van der Waals surface area contributed by atoms with Gasteiger partial charge in [-0.3, -0.25) is 0 Å². The third-order valence-electron chi connectivity index (χ3n) is 4.19. The second-order valence-electron chi connectivity index (χ2n) is 6.43. The molecule has 2 aliphatic heterocycles. The monoisotopic (exact) mass is 276 g/mol. The summed E-state index contributed by atoms with van der Waals surface area (Å²) in [5.74, 6) is 1.73. The molecule has 2 atom stereocenters. The molecular weight excluding hydrogens is 252 g/mol. The molecule has 2 heterocycles. The molecule has 4 heteroatoms. The lowest BCUT2D eigenvalue weighted by atomic mass is 9.89. The number of ether oxygens (including phenoxy) is 2. The van der Waals surface area contributed by atoms with Crippen molar-refractivity contribution >= 4 is 0 Å². The minimum absolute atomic E-state index is 0.118. The summed E-state index contributed by atoms with van der Waals surface area (Å²) in [6, 6.07) is 7.90. The van der Waals surface area contributed by atoms with Gasteiger partial charge in [0.25, 0.3) is 0 Å². The Hall–Kier alpha value is -1.26. The van der Waals surface area contributed by atoms with Crippen molar-refractivity contribution in [3.05, 3.63) is 24.3 Å². The summed E-state index contributed by atoms with van der Waals surface area (Å²) in [6.07, 6.45) is 1.37. The van der Waals surface area contributed by atoms with Gasteiger partial charge in [-0.1, -0.05) is 19.1 Å². The maximum absolute atomic E-state index is 6.02. The summed E-state index contributed by atoms with van der Waals surface area (Å²) in [4.78, 5) is 2.37. The van der Waals surface area contributed by atoms with E-state index in [9.17, 15) is 0 Å². The van der Waals surface area contributed by atoms with E-state index in [1.165, 1.54) is 6.42 Å². The molecule has 4 nitrogen and oxygen atoms in total. The molecule has 1 N–H and O–H groups in total. The quantitative estimate of drug-likeness (QED) is 0.908. The number of hydrogen-bond donors (Lipinski definition) is 1. The minimum Gasteiger partial charge on any atom is -0.486 e. The van der Waals surface area contributed by atoms with E-state index in [2.05, 4.69) is 24.2 Å². The highest BCUT2D eigenvalue weighted by atomic mass is 16.6. The van der Waals surface area contributed by atoms with Gasteiger partial charge in [0.05, 0.1) is 0 Å². The molecule has 0 saturated carbocycles. The molecule has 0 radical (unpaired) electrons. The van der Waals surface area contributed by atoms with Crippen LogP contribution in [0.25, 0.3) is 0 Å². The van der Waals surface area contributed by atoms with Crippen LogP contribution >= 0.6 is 0 Å². The second kappa shape index (κ2) is 5.62. The average Bonchev–Trinajstić information content (AvgIpc) is 2.84. The standard InChI is InChI=1S/C16H24N2O2/c1-16(7-8-17-11-16)12-18(2)9-13-10-19-14-5-3-4-6-15(14)20-13/h3-6,13,17H,7-12H2,1-2H3. The van der Waals surface area contributed by atoms with E-state index in [0.29, 0.717) is 12.0 Å². The van der Waals surface area contributed by atoms with Crippen LogP contribution in [0.2, 0.25) is 0 Å². The largest absolute Gasteiger partial charge is 0.486 e. The fraction of sp³-hybridized carbons (Fsp3) is 0.625. The summed E-state index contributed by atoms with van der Waals surface area (Å²) in [6.45, 7) is 7.25. The van der Waals surface area contributed by atoms with Gasteiger partial charge in [-0.05, 0) is 37.6 Å². The number of para-hydroxylation sites is 2. The first-order valence-corrected chi connectivity index (χ1v) is 7.42. The van der Waals surface area contributed by atoms with Gasteiger partial charge in [0.15, 0.2) is 11.5 Å². The van der Waals surface area contributed by atoms with Crippen molar-refractivity contribution in [2.24, 2.45) is 5.41 Å². The van der Waals surface area contributed by atoms with Gasteiger partial charge in [-0.2, -0.15) is 0 Å². The van der Waals surface area contributed by atoms with Crippen molar-refractivity contribution in [1.82, 2.24) is 10.2 Å². The Morgan fingerprint density at radius 2 is 2.15 bits per heavy atom. The third-order valence-corrected chi connectivity index (χ3v) is 4.19. The van der Waals surface area contributed by atoms with E-state index < -0.39 is 0 Å². The van der Waals surface area contributed by atoms with Gasteiger partial charge in [-0.25, -0.2) is 0 Å². The Bertz CT molecular complexity index is 458. The van der Waals surface area contributed by atoms with Gasteiger partial charge < -0.3 is 19.7 Å². The second-order valence-corrected chi connectivity index (χ2v) is 6.43. The molecular formula is C16H24N2O2. The van der Waals surface area contributed by atoms with Gasteiger partial charge in [0, 0.05) is 19.6 Å². The maximum Gasteiger partial charge on any atom is 0.161 e. The molecule has 0 bridgehead atoms. The highest BCUT2D eigenvalue weighted by Gasteiger charge is 2.31. The van der Waals surface area contributed by atoms with E-state index >= 15 is 0 Å². The van der Waals surface area contributed by atoms with Crippen LogP contribution in [-0.2, 0) is 0 Å². The Morgan fingerprint density at radius 1 is 1.35 bits per heavy atom. The summed E-state index contributed by atoms with van der Waals surface area (Å²) in [5.41, 5.74) is 0.391. The van der Waals surface area contributed by atoms with Crippen molar-refractivity contribution in [2.75, 3.05) is 39.8 Å². The van der Waals surface area contributed by atoms with Crippen LogP contribution in [0.5, 0.6) is 11.5 Å². The number of nitrogens with one attached hydrogen (secondary N) is 1. The summed E-state index contributed by atoms with van der Waals surface area (Å²) < 4.78 is 11.8. The Balaban J connectivity index is 1.54. The predicted octanol–water partition coefficient (Wildman–Crippen LogP) is 1.76. The number of likely N-dealkylation sites (N-methyl/N-ethyl adjacent to an activating group) is 1. The van der Waals surface area contributed by atoms with Crippen molar-refractivity contribution in [1.29, 1.82) is 0 Å². The van der Waals surface area contributed by atoms with Crippen LogP contribution in [0, 0.1) is 5.41 Å².